The molecule has 1 amide bonds. The van der Waals surface area contributed by atoms with Crippen LogP contribution in [0.1, 0.15) is 12.0 Å². The Morgan fingerprint density at radius 1 is 1.33 bits per heavy atom. The average Bonchev–Trinajstić information content (AvgIpc) is 2.39. The van der Waals surface area contributed by atoms with E-state index in [1.807, 2.05) is 18.2 Å². The maximum atomic E-state index is 11.7. The van der Waals surface area contributed by atoms with E-state index in [1.165, 1.54) is 0 Å². The number of rotatable bonds is 6. The lowest BCUT2D eigenvalue weighted by molar-refractivity contribution is -0.129. The number of ether oxygens (including phenoxy) is 2. The highest BCUT2D eigenvalue weighted by Crippen LogP contribution is 2.25. The number of carbonyl (C=O) groups is 1. The summed E-state index contributed by atoms with van der Waals surface area (Å²) in [6.07, 6.45) is 0.443. The fraction of sp³-hybridized carbons (Fsp3) is 0.462. The van der Waals surface area contributed by atoms with Crippen LogP contribution in [0.25, 0.3) is 0 Å². The number of thiol groups is 1. The van der Waals surface area contributed by atoms with Gasteiger partial charge in [0.2, 0.25) is 5.91 Å². The molecule has 0 aliphatic rings. The molecule has 0 aliphatic heterocycles. The third kappa shape index (κ3) is 3.84. The van der Waals surface area contributed by atoms with Crippen LogP contribution in [0.5, 0.6) is 11.5 Å². The molecule has 0 aromatic heterocycles. The highest BCUT2D eigenvalue weighted by Gasteiger charge is 2.11. The van der Waals surface area contributed by atoms with Gasteiger partial charge in [-0.05, 0) is 17.9 Å². The Labute approximate surface area is 113 Å². The summed E-state index contributed by atoms with van der Waals surface area (Å²) < 4.78 is 10.4. The standard InChI is InChI=1S/C13H19NO3S/c1-14(13(15)6-7-18)9-10-4-5-11(16-2)8-12(10)17-3/h4-5,8,18H,6-7,9H2,1-3H3. The fourth-order valence-electron chi connectivity index (χ4n) is 1.61. The number of hydrogen-bond donors (Lipinski definition) is 1. The van der Waals surface area contributed by atoms with E-state index in [0.717, 1.165) is 17.1 Å². The molecule has 5 heteroatoms. The van der Waals surface area contributed by atoms with Crippen molar-refractivity contribution in [3.63, 3.8) is 0 Å². The largest absolute Gasteiger partial charge is 0.497 e. The molecule has 0 heterocycles. The van der Waals surface area contributed by atoms with Gasteiger partial charge in [0, 0.05) is 31.6 Å². The first-order chi connectivity index (χ1) is 8.62. The molecular formula is C13H19NO3S. The number of methoxy groups -OCH3 is 2. The summed E-state index contributed by atoms with van der Waals surface area (Å²) in [6.45, 7) is 0.514. The van der Waals surface area contributed by atoms with Crippen LogP contribution in [-0.2, 0) is 11.3 Å². The maximum Gasteiger partial charge on any atom is 0.223 e. The summed E-state index contributed by atoms with van der Waals surface area (Å²) in [7, 11) is 4.99. The minimum Gasteiger partial charge on any atom is -0.497 e. The number of nitrogens with zero attached hydrogens (tertiary/aromatic N) is 1. The van der Waals surface area contributed by atoms with Gasteiger partial charge in [-0.2, -0.15) is 12.6 Å². The molecule has 0 unspecified atom stereocenters. The van der Waals surface area contributed by atoms with Gasteiger partial charge >= 0.3 is 0 Å². The minimum atomic E-state index is 0.0721. The monoisotopic (exact) mass is 269 g/mol. The third-order valence-corrected chi connectivity index (χ3v) is 2.88. The highest BCUT2D eigenvalue weighted by atomic mass is 32.1. The van der Waals surface area contributed by atoms with Crippen LogP contribution in [0.3, 0.4) is 0 Å². The molecule has 0 bridgehead atoms. The summed E-state index contributed by atoms with van der Waals surface area (Å²) in [6, 6.07) is 5.57. The van der Waals surface area contributed by atoms with Crippen LogP contribution in [0.4, 0.5) is 0 Å². The van der Waals surface area contributed by atoms with Gasteiger partial charge in [0.15, 0.2) is 0 Å². The van der Waals surface area contributed by atoms with Crippen molar-refractivity contribution in [1.82, 2.24) is 4.90 Å². The molecule has 0 saturated carbocycles. The predicted molar refractivity (Wildman–Crippen MR) is 74.5 cm³/mol. The Hall–Kier alpha value is -1.36. The van der Waals surface area contributed by atoms with Crippen molar-refractivity contribution in [3.05, 3.63) is 23.8 Å². The van der Waals surface area contributed by atoms with Crippen molar-refractivity contribution in [3.8, 4) is 11.5 Å². The molecule has 18 heavy (non-hydrogen) atoms. The SMILES string of the molecule is COc1ccc(CN(C)C(=O)CCS)c(OC)c1. The lowest BCUT2D eigenvalue weighted by Gasteiger charge is -2.19. The highest BCUT2D eigenvalue weighted by molar-refractivity contribution is 7.80. The Bertz CT molecular complexity index is 409. The van der Waals surface area contributed by atoms with E-state index < -0.39 is 0 Å². The molecule has 1 aromatic rings. The molecule has 0 radical (unpaired) electrons. The number of amides is 1. The molecule has 1 rings (SSSR count). The van der Waals surface area contributed by atoms with Crippen molar-refractivity contribution >= 4 is 18.5 Å². The zero-order valence-electron chi connectivity index (χ0n) is 11.0. The van der Waals surface area contributed by atoms with Crippen LogP contribution >= 0.6 is 12.6 Å². The predicted octanol–water partition coefficient (Wildman–Crippen LogP) is 1.98. The molecule has 1 aromatic carbocycles. The first-order valence-electron chi connectivity index (χ1n) is 5.68. The molecule has 4 nitrogen and oxygen atoms in total. The fourth-order valence-corrected chi connectivity index (χ4v) is 1.80. The average molecular weight is 269 g/mol. The van der Waals surface area contributed by atoms with Crippen molar-refractivity contribution in [2.24, 2.45) is 0 Å². The van der Waals surface area contributed by atoms with Crippen molar-refractivity contribution < 1.29 is 14.3 Å². The second-order valence-corrected chi connectivity index (χ2v) is 4.35. The van der Waals surface area contributed by atoms with E-state index in [-0.39, 0.29) is 5.91 Å². The van der Waals surface area contributed by atoms with Gasteiger partial charge in [-0.1, -0.05) is 0 Å². The Kier molecular flexibility index (Phi) is 5.85. The molecule has 0 N–H and O–H groups in total. The van der Waals surface area contributed by atoms with Crippen LogP contribution < -0.4 is 9.47 Å². The Morgan fingerprint density at radius 2 is 2.06 bits per heavy atom. The molecular weight excluding hydrogens is 250 g/mol. The lowest BCUT2D eigenvalue weighted by atomic mass is 10.1. The van der Waals surface area contributed by atoms with E-state index in [1.54, 1.807) is 26.2 Å². The topological polar surface area (TPSA) is 38.8 Å². The molecule has 0 fully saturated rings. The van der Waals surface area contributed by atoms with Gasteiger partial charge in [-0.15, -0.1) is 0 Å². The molecule has 0 aliphatic carbocycles. The first-order valence-corrected chi connectivity index (χ1v) is 6.31. The smallest absolute Gasteiger partial charge is 0.223 e. The van der Waals surface area contributed by atoms with E-state index in [0.29, 0.717) is 18.7 Å². The van der Waals surface area contributed by atoms with Gasteiger partial charge in [-0.25, -0.2) is 0 Å². The van der Waals surface area contributed by atoms with Crippen molar-refractivity contribution in [2.45, 2.75) is 13.0 Å². The zero-order chi connectivity index (χ0) is 13.5. The summed E-state index contributed by atoms with van der Waals surface area (Å²) in [5, 5.41) is 0. The summed E-state index contributed by atoms with van der Waals surface area (Å²) in [4.78, 5) is 13.3. The second kappa shape index (κ2) is 7.16. The Balaban J connectivity index is 2.80. The molecule has 0 atom stereocenters. The summed E-state index contributed by atoms with van der Waals surface area (Å²) in [5.74, 6) is 2.09. The summed E-state index contributed by atoms with van der Waals surface area (Å²) in [5.41, 5.74) is 0.952. The van der Waals surface area contributed by atoms with Gasteiger partial charge < -0.3 is 14.4 Å². The van der Waals surface area contributed by atoms with Crippen molar-refractivity contribution in [2.75, 3.05) is 27.0 Å². The number of benzene rings is 1. The molecule has 100 valence electrons. The van der Waals surface area contributed by atoms with E-state index in [9.17, 15) is 4.79 Å². The Morgan fingerprint density at radius 3 is 2.61 bits per heavy atom. The maximum absolute atomic E-state index is 11.7. The van der Waals surface area contributed by atoms with Crippen LogP contribution in [0, 0.1) is 0 Å². The molecule has 0 saturated heterocycles. The van der Waals surface area contributed by atoms with Gasteiger partial charge in [0.1, 0.15) is 11.5 Å². The van der Waals surface area contributed by atoms with Crippen molar-refractivity contribution in [1.29, 1.82) is 0 Å². The normalized spacial score (nSPS) is 10.0. The van der Waals surface area contributed by atoms with Crippen LogP contribution in [0.2, 0.25) is 0 Å². The lowest BCUT2D eigenvalue weighted by Crippen LogP contribution is -2.26. The van der Waals surface area contributed by atoms with Crippen LogP contribution in [0.15, 0.2) is 18.2 Å². The summed E-state index contributed by atoms with van der Waals surface area (Å²) >= 11 is 4.06. The van der Waals surface area contributed by atoms with E-state index >= 15 is 0 Å². The number of carbonyl (C=O) groups excluding carboxylic acids is 1. The van der Waals surface area contributed by atoms with Crippen LogP contribution in [-0.4, -0.2) is 37.8 Å². The van der Waals surface area contributed by atoms with Gasteiger partial charge in [0.05, 0.1) is 14.2 Å². The minimum absolute atomic E-state index is 0.0721. The quantitative estimate of drug-likeness (QED) is 0.803. The molecule has 0 spiro atoms. The third-order valence-electron chi connectivity index (χ3n) is 2.65. The second-order valence-electron chi connectivity index (χ2n) is 3.90. The van der Waals surface area contributed by atoms with E-state index in [2.05, 4.69) is 12.6 Å². The first kappa shape index (κ1) is 14.7. The number of hydrogen-bond acceptors (Lipinski definition) is 4. The van der Waals surface area contributed by atoms with E-state index in [4.69, 9.17) is 9.47 Å². The van der Waals surface area contributed by atoms with Gasteiger partial charge in [0.25, 0.3) is 0 Å². The zero-order valence-corrected chi connectivity index (χ0v) is 11.9. The van der Waals surface area contributed by atoms with Gasteiger partial charge in [-0.3, -0.25) is 4.79 Å².